The highest BCUT2D eigenvalue weighted by molar-refractivity contribution is 5.27. The molecule has 0 unspecified atom stereocenters. The monoisotopic (exact) mass is 275 g/mol. The van der Waals surface area contributed by atoms with Crippen LogP contribution in [0.1, 0.15) is 18.4 Å². The third kappa shape index (κ3) is 4.72. The van der Waals surface area contributed by atoms with E-state index in [0.29, 0.717) is 13.1 Å². The molecule has 1 fully saturated rings. The van der Waals surface area contributed by atoms with Crippen LogP contribution in [0, 0.1) is 0 Å². The number of likely N-dealkylation sites (tertiary alicyclic amines) is 1. The molecular formula is C13H16F3NO2. The van der Waals surface area contributed by atoms with Crippen molar-refractivity contribution < 1.29 is 23.0 Å². The van der Waals surface area contributed by atoms with E-state index in [2.05, 4.69) is 9.64 Å². The molecule has 2 rings (SSSR count). The first kappa shape index (κ1) is 14.1. The van der Waals surface area contributed by atoms with Crippen LogP contribution in [0.2, 0.25) is 0 Å². The Labute approximate surface area is 109 Å². The third-order valence-corrected chi connectivity index (χ3v) is 3.04. The molecule has 19 heavy (non-hydrogen) atoms. The zero-order valence-electron chi connectivity index (χ0n) is 10.4. The SMILES string of the molecule is O[C@H]1CCCN(Cc2ccc(OC(F)(F)F)cc2)C1. The Hall–Kier alpha value is -1.27. The Kier molecular flexibility index (Phi) is 4.31. The van der Waals surface area contributed by atoms with Crippen LogP contribution in [0.15, 0.2) is 24.3 Å². The standard InChI is InChI=1S/C13H16F3NO2/c14-13(15,16)19-12-5-3-10(4-6-12)8-17-7-1-2-11(18)9-17/h3-6,11,18H,1-2,7-9H2/t11-/m0/s1. The third-order valence-electron chi connectivity index (χ3n) is 3.04. The number of alkyl halides is 3. The van der Waals surface area contributed by atoms with Crippen molar-refractivity contribution in [1.29, 1.82) is 0 Å². The summed E-state index contributed by atoms with van der Waals surface area (Å²) in [6.07, 6.45) is -3.20. The molecule has 0 aliphatic carbocycles. The molecule has 1 aliphatic rings. The first-order chi connectivity index (χ1) is 8.92. The fraction of sp³-hybridized carbons (Fsp3) is 0.538. The molecule has 0 saturated carbocycles. The maximum absolute atomic E-state index is 12.0. The lowest BCUT2D eigenvalue weighted by atomic mass is 10.1. The van der Waals surface area contributed by atoms with Gasteiger partial charge >= 0.3 is 6.36 Å². The molecule has 0 amide bonds. The van der Waals surface area contributed by atoms with Crippen molar-refractivity contribution in [2.75, 3.05) is 13.1 Å². The smallest absolute Gasteiger partial charge is 0.406 e. The zero-order valence-corrected chi connectivity index (χ0v) is 10.4. The maximum Gasteiger partial charge on any atom is 0.573 e. The van der Waals surface area contributed by atoms with Crippen molar-refractivity contribution in [3.8, 4) is 5.75 Å². The summed E-state index contributed by atoms with van der Waals surface area (Å²) in [5.41, 5.74) is 0.906. The summed E-state index contributed by atoms with van der Waals surface area (Å²) in [5.74, 6) is -0.213. The van der Waals surface area contributed by atoms with Crippen LogP contribution in [0.25, 0.3) is 0 Å². The molecule has 1 heterocycles. The quantitative estimate of drug-likeness (QED) is 0.920. The number of nitrogens with zero attached hydrogens (tertiary/aromatic N) is 1. The van der Waals surface area contributed by atoms with Crippen molar-refractivity contribution in [2.45, 2.75) is 31.9 Å². The number of hydrogen-bond acceptors (Lipinski definition) is 3. The molecule has 3 nitrogen and oxygen atoms in total. The van der Waals surface area contributed by atoms with Gasteiger partial charge in [-0.25, -0.2) is 0 Å². The van der Waals surface area contributed by atoms with Crippen LogP contribution in [-0.4, -0.2) is 35.6 Å². The van der Waals surface area contributed by atoms with Gasteiger partial charge in [0.15, 0.2) is 0 Å². The van der Waals surface area contributed by atoms with E-state index in [0.717, 1.165) is 24.9 Å². The van der Waals surface area contributed by atoms with E-state index in [1.54, 1.807) is 12.1 Å². The number of halogens is 3. The lowest BCUT2D eigenvalue weighted by Crippen LogP contribution is -2.37. The Bertz CT molecular complexity index is 405. The van der Waals surface area contributed by atoms with Gasteiger partial charge in [0.25, 0.3) is 0 Å². The highest BCUT2D eigenvalue weighted by Gasteiger charge is 2.31. The minimum Gasteiger partial charge on any atom is -0.406 e. The summed E-state index contributed by atoms with van der Waals surface area (Å²) in [6.45, 7) is 2.14. The van der Waals surface area contributed by atoms with E-state index >= 15 is 0 Å². The summed E-state index contributed by atoms with van der Waals surface area (Å²) >= 11 is 0. The molecule has 1 aliphatic heterocycles. The maximum atomic E-state index is 12.0. The normalized spacial score (nSPS) is 21.4. The van der Waals surface area contributed by atoms with Gasteiger partial charge in [0.05, 0.1) is 6.10 Å². The molecule has 1 aromatic rings. The van der Waals surface area contributed by atoms with E-state index in [1.165, 1.54) is 12.1 Å². The molecule has 106 valence electrons. The molecule has 1 N–H and O–H groups in total. The predicted octanol–water partition coefficient (Wildman–Crippen LogP) is 2.54. The zero-order chi connectivity index (χ0) is 13.9. The molecule has 0 radical (unpaired) electrons. The molecule has 1 aromatic carbocycles. The highest BCUT2D eigenvalue weighted by Crippen LogP contribution is 2.23. The van der Waals surface area contributed by atoms with E-state index in [1.807, 2.05) is 0 Å². The summed E-state index contributed by atoms with van der Waals surface area (Å²) in [4.78, 5) is 2.09. The van der Waals surface area contributed by atoms with Gasteiger partial charge in [-0.2, -0.15) is 0 Å². The van der Waals surface area contributed by atoms with Gasteiger partial charge in [-0.1, -0.05) is 12.1 Å². The summed E-state index contributed by atoms with van der Waals surface area (Å²) in [7, 11) is 0. The Morgan fingerprint density at radius 3 is 2.53 bits per heavy atom. The van der Waals surface area contributed by atoms with Crippen LogP contribution >= 0.6 is 0 Å². The topological polar surface area (TPSA) is 32.7 Å². The Morgan fingerprint density at radius 2 is 1.95 bits per heavy atom. The van der Waals surface area contributed by atoms with Crippen molar-refractivity contribution >= 4 is 0 Å². The Morgan fingerprint density at radius 1 is 1.26 bits per heavy atom. The van der Waals surface area contributed by atoms with Gasteiger partial charge in [-0.3, -0.25) is 4.90 Å². The highest BCUT2D eigenvalue weighted by atomic mass is 19.4. The van der Waals surface area contributed by atoms with Crippen molar-refractivity contribution in [3.63, 3.8) is 0 Å². The molecule has 6 heteroatoms. The van der Waals surface area contributed by atoms with Gasteiger partial charge in [0.2, 0.25) is 0 Å². The first-order valence-electron chi connectivity index (χ1n) is 6.17. The van der Waals surface area contributed by atoms with Crippen LogP contribution < -0.4 is 4.74 Å². The van der Waals surface area contributed by atoms with Crippen LogP contribution in [0.3, 0.4) is 0 Å². The minimum absolute atomic E-state index is 0.213. The number of aliphatic hydroxyl groups is 1. The van der Waals surface area contributed by atoms with Gasteiger partial charge in [-0.15, -0.1) is 13.2 Å². The van der Waals surface area contributed by atoms with Crippen LogP contribution in [0.5, 0.6) is 5.75 Å². The average Bonchev–Trinajstić information content (AvgIpc) is 2.30. The summed E-state index contributed by atoms with van der Waals surface area (Å²) in [6, 6.07) is 5.84. The number of ether oxygens (including phenoxy) is 1. The molecule has 1 saturated heterocycles. The molecule has 0 spiro atoms. The molecular weight excluding hydrogens is 259 g/mol. The Balaban J connectivity index is 1.91. The molecule has 0 aromatic heterocycles. The number of β-amino-alcohol motifs (C(OH)–C–C–N with tert-alkyl or cyclic N) is 1. The van der Waals surface area contributed by atoms with E-state index in [-0.39, 0.29) is 11.9 Å². The average molecular weight is 275 g/mol. The van der Waals surface area contributed by atoms with E-state index < -0.39 is 6.36 Å². The van der Waals surface area contributed by atoms with Gasteiger partial charge < -0.3 is 9.84 Å². The molecule has 0 bridgehead atoms. The summed E-state index contributed by atoms with van der Waals surface area (Å²) in [5, 5.41) is 9.54. The number of hydrogen-bond donors (Lipinski definition) is 1. The fourth-order valence-corrected chi connectivity index (χ4v) is 2.23. The number of benzene rings is 1. The fourth-order valence-electron chi connectivity index (χ4n) is 2.23. The van der Waals surface area contributed by atoms with Gasteiger partial charge in [0, 0.05) is 13.1 Å². The second kappa shape index (κ2) is 5.79. The minimum atomic E-state index is -4.65. The van der Waals surface area contributed by atoms with Gasteiger partial charge in [-0.05, 0) is 37.1 Å². The lowest BCUT2D eigenvalue weighted by Gasteiger charge is -2.29. The second-order valence-electron chi connectivity index (χ2n) is 4.72. The van der Waals surface area contributed by atoms with E-state index in [4.69, 9.17) is 0 Å². The number of aliphatic hydroxyl groups excluding tert-OH is 1. The van der Waals surface area contributed by atoms with Crippen molar-refractivity contribution in [3.05, 3.63) is 29.8 Å². The number of rotatable bonds is 3. The largest absolute Gasteiger partial charge is 0.573 e. The van der Waals surface area contributed by atoms with Crippen LogP contribution in [0.4, 0.5) is 13.2 Å². The van der Waals surface area contributed by atoms with Gasteiger partial charge in [0.1, 0.15) is 5.75 Å². The molecule has 1 atom stereocenters. The van der Waals surface area contributed by atoms with Crippen LogP contribution in [-0.2, 0) is 6.54 Å². The lowest BCUT2D eigenvalue weighted by molar-refractivity contribution is -0.274. The van der Waals surface area contributed by atoms with E-state index in [9.17, 15) is 18.3 Å². The summed E-state index contributed by atoms with van der Waals surface area (Å²) < 4.78 is 39.8. The van der Waals surface area contributed by atoms with Crippen molar-refractivity contribution in [2.24, 2.45) is 0 Å². The number of piperidine rings is 1. The first-order valence-corrected chi connectivity index (χ1v) is 6.17. The second-order valence-corrected chi connectivity index (χ2v) is 4.72. The predicted molar refractivity (Wildman–Crippen MR) is 63.6 cm³/mol. The van der Waals surface area contributed by atoms with Crippen molar-refractivity contribution in [1.82, 2.24) is 4.90 Å².